The minimum absolute atomic E-state index is 0.273. The number of nitrogens with zero attached hydrogens (tertiary/aromatic N) is 6. The van der Waals surface area contributed by atoms with Crippen LogP contribution in [-0.4, -0.2) is 33.8 Å². The van der Waals surface area contributed by atoms with Crippen molar-refractivity contribution in [3.63, 3.8) is 0 Å². The van der Waals surface area contributed by atoms with Crippen LogP contribution in [0.1, 0.15) is 5.56 Å². The van der Waals surface area contributed by atoms with E-state index < -0.39 is 0 Å². The summed E-state index contributed by atoms with van der Waals surface area (Å²) in [7, 11) is 3.60. The Labute approximate surface area is 98.1 Å². The van der Waals surface area contributed by atoms with Crippen molar-refractivity contribution >= 4 is 11.6 Å². The molecule has 0 radical (unpaired) electrons. The van der Waals surface area contributed by atoms with Gasteiger partial charge in [0.2, 0.25) is 0 Å². The summed E-state index contributed by atoms with van der Waals surface area (Å²) in [5.41, 5.74) is 6.22. The molecule has 0 aliphatic heterocycles. The van der Waals surface area contributed by atoms with E-state index in [0.717, 1.165) is 0 Å². The minimum Gasteiger partial charge on any atom is -0.382 e. The molecular weight excluding hydrogens is 218 g/mol. The molecule has 7 nitrogen and oxygen atoms in total. The smallest absolute Gasteiger partial charge is 0.170 e. The molecule has 0 amide bonds. The predicted molar refractivity (Wildman–Crippen MR) is 62.6 cm³/mol. The second-order valence-electron chi connectivity index (χ2n) is 3.57. The quantitative estimate of drug-likeness (QED) is 0.789. The van der Waals surface area contributed by atoms with Crippen molar-refractivity contribution < 1.29 is 0 Å². The molecule has 0 saturated heterocycles. The van der Waals surface area contributed by atoms with Crippen LogP contribution in [0.3, 0.4) is 0 Å². The molecular formula is C10H11N7. The summed E-state index contributed by atoms with van der Waals surface area (Å²) in [4.78, 5) is 9.58. The van der Waals surface area contributed by atoms with Crippen LogP contribution >= 0.6 is 0 Å². The van der Waals surface area contributed by atoms with Crippen LogP contribution in [0.4, 0.5) is 11.6 Å². The molecule has 0 saturated carbocycles. The van der Waals surface area contributed by atoms with Gasteiger partial charge in [-0.15, -0.1) is 5.10 Å². The first-order valence-electron chi connectivity index (χ1n) is 4.87. The molecule has 0 aliphatic carbocycles. The molecule has 2 N–H and O–H groups in total. The van der Waals surface area contributed by atoms with Gasteiger partial charge in [-0.2, -0.15) is 9.94 Å². The number of anilines is 2. The molecule has 17 heavy (non-hydrogen) atoms. The molecule has 7 heteroatoms. The van der Waals surface area contributed by atoms with Gasteiger partial charge in [0.25, 0.3) is 0 Å². The summed E-state index contributed by atoms with van der Waals surface area (Å²) in [5, 5.41) is 13.3. The normalized spacial score (nSPS) is 9.94. The molecule has 0 aliphatic rings. The van der Waals surface area contributed by atoms with Crippen molar-refractivity contribution in [2.75, 3.05) is 24.7 Å². The highest BCUT2D eigenvalue weighted by atomic mass is 15.4. The molecule has 0 aromatic carbocycles. The zero-order valence-electron chi connectivity index (χ0n) is 9.49. The van der Waals surface area contributed by atoms with Crippen LogP contribution in [0.15, 0.2) is 18.6 Å². The lowest BCUT2D eigenvalue weighted by molar-refractivity contribution is 0.839. The Morgan fingerprint density at radius 3 is 2.71 bits per heavy atom. The molecule has 0 unspecified atom stereocenters. The second kappa shape index (κ2) is 4.09. The van der Waals surface area contributed by atoms with Gasteiger partial charge in [-0.1, -0.05) is 0 Å². The van der Waals surface area contributed by atoms with Gasteiger partial charge in [0.15, 0.2) is 11.6 Å². The molecule has 2 rings (SSSR count). The van der Waals surface area contributed by atoms with E-state index in [0.29, 0.717) is 17.2 Å². The fourth-order valence-electron chi connectivity index (χ4n) is 1.42. The van der Waals surface area contributed by atoms with E-state index in [1.165, 1.54) is 11.0 Å². The number of hydrogen-bond acceptors (Lipinski definition) is 6. The Hall–Kier alpha value is -2.62. The van der Waals surface area contributed by atoms with Crippen molar-refractivity contribution in [2.24, 2.45) is 0 Å². The van der Waals surface area contributed by atoms with Crippen molar-refractivity contribution in [3.05, 3.63) is 24.2 Å². The summed E-state index contributed by atoms with van der Waals surface area (Å²) < 4.78 is 1.43. The topological polar surface area (TPSA) is 96.7 Å². The summed E-state index contributed by atoms with van der Waals surface area (Å²) in [5.74, 6) is 1.32. The van der Waals surface area contributed by atoms with Crippen LogP contribution in [-0.2, 0) is 0 Å². The fraction of sp³-hybridized carbons (Fsp3) is 0.200. The third-order valence-corrected chi connectivity index (χ3v) is 2.22. The van der Waals surface area contributed by atoms with Gasteiger partial charge in [0, 0.05) is 26.4 Å². The number of hydrogen-bond donors (Lipinski definition) is 1. The largest absolute Gasteiger partial charge is 0.382 e. The Morgan fingerprint density at radius 1 is 1.47 bits per heavy atom. The Bertz CT molecular complexity index is 564. The number of nitriles is 1. The minimum atomic E-state index is 0.273. The third-order valence-electron chi connectivity index (χ3n) is 2.22. The van der Waals surface area contributed by atoms with Crippen molar-refractivity contribution in [3.8, 4) is 11.9 Å². The predicted octanol–water partition coefficient (Wildman–Crippen LogP) is 0.182. The number of aromatic nitrogens is 4. The van der Waals surface area contributed by atoms with Gasteiger partial charge in [-0.25, -0.2) is 9.97 Å². The molecule has 0 fully saturated rings. The lowest BCUT2D eigenvalue weighted by atomic mass is 10.3. The van der Waals surface area contributed by atoms with Gasteiger partial charge >= 0.3 is 0 Å². The van der Waals surface area contributed by atoms with Crippen LogP contribution in [0, 0.1) is 11.3 Å². The average Bonchev–Trinajstić information content (AvgIpc) is 2.67. The first-order valence-corrected chi connectivity index (χ1v) is 4.87. The van der Waals surface area contributed by atoms with Crippen molar-refractivity contribution in [1.82, 2.24) is 19.7 Å². The van der Waals surface area contributed by atoms with E-state index in [-0.39, 0.29) is 5.82 Å². The zero-order chi connectivity index (χ0) is 12.4. The fourth-order valence-corrected chi connectivity index (χ4v) is 1.42. The zero-order valence-corrected chi connectivity index (χ0v) is 9.49. The van der Waals surface area contributed by atoms with Gasteiger partial charge in [-0.3, -0.25) is 0 Å². The number of nitrogens with two attached hydrogens (primary N) is 1. The molecule has 0 atom stereocenters. The molecule has 2 aromatic rings. The highest BCUT2D eigenvalue weighted by Gasteiger charge is 2.18. The van der Waals surface area contributed by atoms with Crippen molar-refractivity contribution in [1.29, 1.82) is 5.26 Å². The van der Waals surface area contributed by atoms with Gasteiger partial charge < -0.3 is 10.6 Å². The second-order valence-corrected chi connectivity index (χ2v) is 3.57. The Morgan fingerprint density at radius 2 is 2.24 bits per heavy atom. The SMILES string of the molecule is CN(C)c1nn(-c2ccncn2)c(N)c1C#N. The van der Waals surface area contributed by atoms with E-state index >= 15 is 0 Å². The highest BCUT2D eigenvalue weighted by Crippen LogP contribution is 2.24. The standard InChI is InChI=1S/C10H11N7/c1-16(2)10-7(5-11)9(12)17(15-10)8-3-4-13-6-14-8/h3-4,6H,12H2,1-2H3. The third kappa shape index (κ3) is 1.76. The van der Waals surface area contributed by atoms with Crippen LogP contribution in [0.5, 0.6) is 0 Å². The lowest BCUT2D eigenvalue weighted by Crippen LogP contribution is -2.11. The number of nitrogen functional groups attached to an aromatic ring is 1. The maximum atomic E-state index is 9.07. The molecule has 2 heterocycles. The van der Waals surface area contributed by atoms with Crippen LogP contribution in [0.25, 0.3) is 5.82 Å². The lowest BCUT2D eigenvalue weighted by Gasteiger charge is -2.07. The molecule has 0 bridgehead atoms. The molecule has 0 spiro atoms. The van der Waals surface area contributed by atoms with E-state index in [1.54, 1.807) is 31.3 Å². The molecule has 86 valence electrons. The van der Waals surface area contributed by atoms with Crippen LogP contribution in [0.2, 0.25) is 0 Å². The Kier molecular flexibility index (Phi) is 2.62. The monoisotopic (exact) mass is 229 g/mol. The summed E-state index contributed by atoms with van der Waals surface area (Å²) >= 11 is 0. The van der Waals surface area contributed by atoms with Gasteiger partial charge in [-0.05, 0) is 0 Å². The summed E-state index contributed by atoms with van der Waals surface area (Å²) in [6.07, 6.45) is 2.99. The average molecular weight is 229 g/mol. The van der Waals surface area contributed by atoms with Gasteiger partial charge in [0.05, 0.1) is 0 Å². The van der Waals surface area contributed by atoms with E-state index in [9.17, 15) is 0 Å². The van der Waals surface area contributed by atoms with E-state index in [4.69, 9.17) is 11.0 Å². The first-order chi connectivity index (χ1) is 8.15. The molecule has 2 aromatic heterocycles. The van der Waals surface area contributed by atoms with Gasteiger partial charge in [0.1, 0.15) is 23.8 Å². The van der Waals surface area contributed by atoms with E-state index in [2.05, 4.69) is 15.1 Å². The van der Waals surface area contributed by atoms with Crippen molar-refractivity contribution in [2.45, 2.75) is 0 Å². The summed E-state index contributed by atoms with van der Waals surface area (Å²) in [6, 6.07) is 3.71. The maximum absolute atomic E-state index is 9.07. The number of rotatable bonds is 2. The maximum Gasteiger partial charge on any atom is 0.170 e. The van der Waals surface area contributed by atoms with E-state index in [1.807, 2.05) is 6.07 Å². The highest BCUT2D eigenvalue weighted by molar-refractivity contribution is 5.66. The summed E-state index contributed by atoms with van der Waals surface area (Å²) in [6.45, 7) is 0. The van der Waals surface area contributed by atoms with Crippen LogP contribution < -0.4 is 10.6 Å². The Balaban J connectivity index is 2.62. The first kappa shape index (κ1) is 10.9.